The molecule has 0 aliphatic carbocycles. The Bertz CT molecular complexity index is 1880. The molecule has 0 heterocycles. The molecule has 0 bridgehead atoms. The summed E-state index contributed by atoms with van der Waals surface area (Å²) < 4.78 is 93.0. The van der Waals surface area contributed by atoms with Gasteiger partial charge in [-0.3, -0.25) is 0 Å². The normalized spacial score (nSPS) is 12.1. The highest BCUT2D eigenvalue weighted by Crippen LogP contribution is 2.39. The molecule has 43 heavy (non-hydrogen) atoms. The zero-order valence-electron chi connectivity index (χ0n) is 22.3. The summed E-state index contributed by atoms with van der Waals surface area (Å²) in [6.07, 6.45) is -9.82. The van der Waals surface area contributed by atoms with Crippen LogP contribution in [0.3, 0.4) is 0 Å². The lowest BCUT2D eigenvalue weighted by molar-refractivity contribution is -0.143. The molecule has 6 aromatic carbocycles. The fourth-order valence-corrected chi connectivity index (χ4v) is 5.08. The Labute approximate surface area is 242 Å². The quantitative estimate of drug-likeness (QED) is 0.180. The molecule has 0 aromatic heterocycles. The first kappa shape index (κ1) is 28.2. The van der Waals surface area contributed by atoms with E-state index in [0.717, 1.165) is 56.3 Å². The highest BCUT2D eigenvalue weighted by Gasteiger charge is 2.37. The molecule has 6 aromatic rings. The molecule has 0 fully saturated rings. The SMILES string of the molecule is Fc1ccc(-c2ccc(-c3ccc4cc(-c5ccc(-c6cc(C(F)(F)F)cc(C(F)(F)F)c6)cc5)ccc4c3)cc2)cc1. The molecule has 214 valence electrons. The fourth-order valence-electron chi connectivity index (χ4n) is 5.08. The van der Waals surface area contributed by atoms with Crippen LogP contribution in [0.4, 0.5) is 30.7 Å². The third kappa shape index (κ3) is 6.02. The van der Waals surface area contributed by atoms with Crippen LogP contribution in [0.25, 0.3) is 55.3 Å². The van der Waals surface area contributed by atoms with Crippen molar-refractivity contribution < 1.29 is 30.7 Å². The summed E-state index contributed by atoms with van der Waals surface area (Å²) >= 11 is 0. The van der Waals surface area contributed by atoms with E-state index in [1.54, 1.807) is 24.3 Å². The topological polar surface area (TPSA) is 0 Å². The van der Waals surface area contributed by atoms with Crippen molar-refractivity contribution in [3.8, 4) is 44.5 Å². The van der Waals surface area contributed by atoms with E-state index in [4.69, 9.17) is 0 Å². The zero-order chi connectivity index (χ0) is 30.4. The van der Waals surface area contributed by atoms with Gasteiger partial charge in [-0.1, -0.05) is 84.9 Å². The average molecular weight is 587 g/mol. The maximum atomic E-state index is 13.3. The van der Waals surface area contributed by atoms with Crippen molar-refractivity contribution in [1.82, 2.24) is 0 Å². The number of hydrogen-bond donors (Lipinski definition) is 0. The standard InChI is InChI=1S/C36H21F7/c37-34-15-13-23(14-16-34)22-1-3-24(4-2-22)27-9-11-30-18-28(10-12-29(30)17-27)25-5-7-26(8-6-25)31-19-32(35(38,39)40)21-33(20-31)36(41,42)43/h1-21H. The molecular formula is C36H21F7. The summed E-state index contributed by atoms with van der Waals surface area (Å²) in [5, 5.41) is 1.98. The van der Waals surface area contributed by atoms with Crippen LogP contribution in [-0.4, -0.2) is 0 Å². The molecule has 0 amide bonds. The van der Waals surface area contributed by atoms with Gasteiger partial charge in [0, 0.05) is 0 Å². The Kier molecular flexibility index (Phi) is 7.04. The van der Waals surface area contributed by atoms with Gasteiger partial charge in [-0.2, -0.15) is 26.3 Å². The van der Waals surface area contributed by atoms with Gasteiger partial charge in [0.05, 0.1) is 11.1 Å². The van der Waals surface area contributed by atoms with Crippen LogP contribution in [0, 0.1) is 5.82 Å². The van der Waals surface area contributed by atoms with Crippen LogP contribution in [0.2, 0.25) is 0 Å². The smallest absolute Gasteiger partial charge is 0.207 e. The molecule has 0 unspecified atom stereocenters. The third-order valence-corrected chi connectivity index (χ3v) is 7.38. The number of halogens is 7. The van der Waals surface area contributed by atoms with Crippen molar-refractivity contribution in [2.24, 2.45) is 0 Å². The van der Waals surface area contributed by atoms with Gasteiger partial charge in [0.25, 0.3) is 0 Å². The highest BCUT2D eigenvalue weighted by atomic mass is 19.4. The van der Waals surface area contributed by atoms with Gasteiger partial charge in [0.2, 0.25) is 0 Å². The largest absolute Gasteiger partial charge is 0.416 e. The average Bonchev–Trinajstić information content (AvgIpc) is 3.00. The minimum Gasteiger partial charge on any atom is -0.207 e. The highest BCUT2D eigenvalue weighted by molar-refractivity contribution is 5.91. The molecule has 0 atom stereocenters. The predicted octanol–water partition coefficient (Wildman–Crippen LogP) is 11.7. The predicted molar refractivity (Wildman–Crippen MR) is 156 cm³/mol. The van der Waals surface area contributed by atoms with Crippen LogP contribution >= 0.6 is 0 Å². The van der Waals surface area contributed by atoms with E-state index in [9.17, 15) is 30.7 Å². The fraction of sp³-hybridized carbons (Fsp3) is 0.0556. The second kappa shape index (κ2) is 10.7. The van der Waals surface area contributed by atoms with Crippen LogP contribution in [-0.2, 0) is 12.4 Å². The molecule has 0 N–H and O–H groups in total. The summed E-state index contributed by atoms with van der Waals surface area (Å²) in [6, 6.07) is 34.3. The molecule has 0 aliphatic rings. The van der Waals surface area contributed by atoms with Crippen molar-refractivity contribution >= 4 is 10.8 Å². The number of rotatable bonds is 4. The zero-order valence-corrected chi connectivity index (χ0v) is 22.3. The van der Waals surface area contributed by atoms with E-state index in [2.05, 4.69) is 6.07 Å². The van der Waals surface area contributed by atoms with Crippen molar-refractivity contribution in [2.45, 2.75) is 12.4 Å². The second-order valence-corrected chi connectivity index (χ2v) is 10.2. The van der Waals surface area contributed by atoms with Crippen molar-refractivity contribution in [3.05, 3.63) is 144 Å². The number of benzene rings is 6. The Morgan fingerprint density at radius 1 is 0.302 bits per heavy atom. The maximum Gasteiger partial charge on any atom is 0.416 e. The van der Waals surface area contributed by atoms with Gasteiger partial charge in [-0.05, 0) is 97.7 Å². The van der Waals surface area contributed by atoms with Crippen LogP contribution < -0.4 is 0 Å². The third-order valence-electron chi connectivity index (χ3n) is 7.38. The van der Waals surface area contributed by atoms with Crippen LogP contribution in [0.5, 0.6) is 0 Å². The summed E-state index contributed by atoms with van der Waals surface area (Å²) in [6.45, 7) is 0. The summed E-state index contributed by atoms with van der Waals surface area (Å²) in [7, 11) is 0. The summed E-state index contributed by atoms with van der Waals surface area (Å²) in [5.74, 6) is -0.283. The van der Waals surface area contributed by atoms with E-state index < -0.39 is 23.5 Å². The van der Waals surface area contributed by atoms with Crippen LogP contribution in [0.1, 0.15) is 11.1 Å². The molecule has 6 rings (SSSR count). The summed E-state index contributed by atoms with van der Waals surface area (Å²) in [4.78, 5) is 0. The minimum atomic E-state index is -4.91. The van der Waals surface area contributed by atoms with Crippen molar-refractivity contribution in [1.29, 1.82) is 0 Å². The monoisotopic (exact) mass is 586 g/mol. The lowest BCUT2D eigenvalue weighted by Gasteiger charge is -2.14. The Morgan fingerprint density at radius 2 is 0.605 bits per heavy atom. The van der Waals surface area contributed by atoms with Gasteiger partial charge >= 0.3 is 12.4 Å². The van der Waals surface area contributed by atoms with Gasteiger partial charge in [0.15, 0.2) is 0 Å². The number of fused-ring (bicyclic) bond motifs is 1. The van der Waals surface area contributed by atoms with E-state index in [-0.39, 0.29) is 23.0 Å². The second-order valence-electron chi connectivity index (χ2n) is 10.2. The Morgan fingerprint density at radius 3 is 0.977 bits per heavy atom. The van der Waals surface area contributed by atoms with Gasteiger partial charge in [0.1, 0.15) is 5.82 Å². The molecule has 0 saturated carbocycles. The van der Waals surface area contributed by atoms with Gasteiger partial charge in [-0.25, -0.2) is 4.39 Å². The van der Waals surface area contributed by atoms with Crippen molar-refractivity contribution in [3.63, 3.8) is 0 Å². The summed E-state index contributed by atoms with van der Waals surface area (Å²) in [5.41, 5.74) is 2.97. The molecular weight excluding hydrogens is 565 g/mol. The maximum absolute atomic E-state index is 13.3. The molecule has 0 spiro atoms. The first-order chi connectivity index (χ1) is 20.4. The molecule has 7 heteroatoms. The lowest BCUT2D eigenvalue weighted by Crippen LogP contribution is -2.11. The lowest BCUT2D eigenvalue weighted by atomic mass is 9.95. The Hall–Kier alpha value is -4.91. The van der Waals surface area contributed by atoms with E-state index >= 15 is 0 Å². The minimum absolute atomic E-state index is 0.126. The van der Waals surface area contributed by atoms with Gasteiger partial charge < -0.3 is 0 Å². The first-order valence-corrected chi connectivity index (χ1v) is 13.2. The van der Waals surface area contributed by atoms with Gasteiger partial charge in [-0.15, -0.1) is 0 Å². The first-order valence-electron chi connectivity index (χ1n) is 13.2. The van der Waals surface area contributed by atoms with E-state index in [1.807, 2.05) is 54.6 Å². The number of hydrogen-bond acceptors (Lipinski definition) is 0. The van der Waals surface area contributed by atoms with Crippen molar-refractivity contribution in [2.75, 3.05) is 0 Å². The van der Waals surface area contributed by atoms with Crippen LogP contribution in [0.15, 0.2) is 127 Å². The number of alkyl halides is 6. The van der Waals surface area contributed by atoms with E-state index in [1.165, 1.54) is 24.3 Å². The molecule has 0 radical (unpaired) electrons. The molecule has 0 nitrogen and oxygen atoms in total. The Balaban J connectivity index is 1.26. The molecule has 0 saturated heterocycles. The molecule has 0 aliphatic heterocycles. The van der Waals surface area contributed by atoms with E-state index in [0.29, 0.717) is 0 Å².